The Hall–Kier alpha value is -4.42. The molecule has 6 rings (SSSR count). The van der Waals surface area contributed by atoms with Gasteiger partial charge in [-0.1, -0.05) is 30.3 Å². The monoisotopic (exact) mass is 479 g/mol. The van der Waals surface area contributed by atoms with Crippen LogP contribution in [0.5, 0.6) is 0 Å². The molecule has 6 aromatic rings. The zero-order chi connectivity index (χ0) is 23.8. The Morgan fingerprint density at radius 2 is 1.83 bits per heavy atom. The van der Waals surface area contributed by atoms with Gasteiger partial charge in [-0.05, 0) is 42.3 Å². The van der Waals surface area contributed by atoms with Crippen molar-refractivity contribution in [3.05, 3.63) is 91.3 Å². The smallest absolute Gasteiger partial charge is 0.152 e. The van der Waals surface area contributed by atoms with Gasteiger partial charge in [-0.3, -0.25) is 13.2 Å². The third-order valence-corrected chi connectivity index (χ3v) is 6.66. The topological polar surface area (TPSA) is 77.2 Å². The molecule has 7 nitrogen and oxygen atoms in total. The predicted molar refractivity (Wildman–Crippen MR) is 133 cm³/mol. The summed E-state index contributed by atoms with van der Waals surface area (Å²) >= 11 is 1.57. The van der Waals surface area contributed by atoms with Crippen molar-refractivity contribution >= 4 is 34.0 Å². The number of pyridine rings is 1. The van der Waals surface area contributed by atoms with E-state index in [0.717, 1.165) is 27.1 Å². The zero-order valence-electron chi connectivity index (χ0n) is 18.4. The molecule has 0 bridgehead atoms. The van der Waals surface area contributed by atoms with Crippen molar-refractivity contribution < 1.29 is 4.39 Å². The van der Waals surface area contributed by atoms with Gasteiger partial charge in [-0.25, -0.2) is 14.4 Å². The first-order chi connectivity index (χ1) is 17.2. The molecule has 0 atom stereocenters. The van der Waals surface area contributed by atoms with Gasteiger partial charge >= 0.3 is 0 Å². The summed E-state index contributed by atoms with van der Waals surface area (Å²) in [6.45, 7) is 0.471. The van der Waals surface area contributed by atoms with Crippen molar-refractivity contribution in [2.24, 2.45) is 0 Å². The van der Waals surface area contributed by atoms with Crippen LogP contribution in [0.4, 0.5) is 4.39 Å². The highest BCUT2D eigenvalue weighted by Crippen LogP contribution is 2.35. The third-order valence-electron chi connectivity index (χ3n) is 5.69. The second-order valence-corrected chi connectivity index (χ2v) is 8.94. The standard InChI is InChI=1S/C26H18FN7S/c27-22-10-5-4-9-20(22)26-31-23-16-29-25-21(11-14-33(25)35-19-7-2-1-3-8-19)24(23)34(26)18-15-30-32(17-18)13-6-12-28/h1-5,7-11,14-17H,6,13H2. The van der Waals surface area contributed by atoms with Crippen LogP contribution in [-0.2, 0) is 6.54 Å². The summed E-state index contributed by atoms with van der Waals surface area (Å²) in [6, 6.07) is 20.8. The molecule has 0 saturated heterocycles. The number of nitriles is 1. The molecule has 0 spiro atoms. The summed E-state index contributed by atoms with van der Waals surface area (Å²) in [7, 11) is 0. The molecule has 0 radical (unpaired) electrons. The molecule has 35 heavy (non-hydrogen) atoms. The lowest BCUT2D eigenvalue weighted by atomic mass is 10.2. The number of hydrogen-bond acceptors (Lipinski definition) is 5. The molecule has 0 saturated carbocycles. The Bertz CT molecular complexity index is 1710. The first-order valence-corrected chi connectivity index (χ1v) is 11.8. The van der Waals surface area contributed by atoms with E-state index in [1.165, 1.54) is 6.07 Å². The van der Waals surface area contributed by atoms with Crippen LogP contribution in [-0.4, -0.2) is 28.3 Å². The first kappa shape index (κ1) is 21.1. The summed E-state index contributed by atoms with van der Waals surface area (Å²) < 4.78 is 20.5. The van der Waals surface area contributed by atoms with E-state index in [-0.39, 0.29) is 5.82 Å². The molecule has 4 aromatic heterocycles. The van der Waals surface area contributed by atoms with Crippen molar-refractivity contribution in [1.82, 2.24) is 28.3 Å². The molecule has 4 heterocycles. The molecular weight excluding hydrogens is 461 g/mol. The van der Waals surface area contributed by atoms with Crippen LogP contribution in [0.25, 0.3) is 39.1 Å². The fourth-order valence-electron chi connectivity index (χ4n) is 4.12. The van der Waals surface area contributed by atoms with Gasteiger partial charge in [0, 0.05) is 22.7 Å². The van der Waals surface area contributed by atoms with Crippen LogP contribution in [0.15, 0.2) is 90.3 Å². The molecular formula is C26H18FN7S. The van der Waals surface area contributed by atoms with Gasteiger partial charge in [0.25, 0.3) is 0 Å². The van der Waals surface area contributed by atoms with Crippen molar-refractivity contribution in [2.45, 2.75) is 17.9 Å². The highest BCUT2D eigenvalue weighted by atomic mass is 32.2. The van der Waals surface area contributed by atoms with Crippen molar-refractivity contribution in [1.29, 1.82) is 5.26 Å². The van der Waals surface area contributed by atoms with Gasteiger partial charge in [0.15, 0.2) is 5.65 Å². The number of nitrogens with zero attached hydrogens (tertiary/aromatic N) is 7. The maximum atomic E-state index is 14.9. The van der Waals surface area contributed by atoms with E-state index in [1.54, 1.807) is 47.2 Å². The fraction of sp³-hybridized carbons (Fsp3) is 0.0769. The van der Waals surface area contributed by atoms with Crippen molar-refractivity contribution in [3.63, 3.8) is 0 Å². The minimum atomic E-state index is -0.359. The average Bonchev–Trinajstić information content (AvgIpc) is 3.60. The molecule has 0 N–H and O–H groups in total. The van der Waals surface area contributed by atoms with Crippen molar-refractivity contribution in [3.8, 4) is 23.1 Å². The van der Waals surface area contributed by atoms with Crippen LogP contribution < -0.4 is 0 Å². The Labute approximate surface area is 204 Å². The Morgan fingerprint density at radius 1 is 1.00 bits per heavy atom. The number of hydrogen-bond donors (Lipinski definition) is 0. The van der Waals surface area contributed by atoms with Crippen LogP contribution in [0.2, 0.25) is 0 Å². The van der Waals surface area contributed by atoms with Crippen LogP contribution in [0.1, 0.15) is 6.42 Å². The van der Waals surface area contributed by atoms with Crippen LogP contribution in [0, 0.1) is 17.1 Å². The lowest BCUT2D eigenvalue weighted by molar-refractivity contribution is 0.627. The van der Waals surface area contributed by atoms with E-state index in [4.69, 9.17) is 15.2 Å². The average molecular weight is 480 g/mol. The molecule has 9 heteroatoms. The van der Waals surface area contributed by atoms with Gasteiger partial charge in [0.05, 0.1) is 48.2 Å². The molecule has 0 aliphatic rings. The van der Waals surface area contributed by atoms with Crippen LogP contribution in [0.3, 0.4) is 0 Å². The number of halogens is 1. The number of imidazole rings is 1. The lowest BCUT2D eigenvalue weighted by Gasteiger charge is -2.09. The predicted octanol–water partition coefficient (Wildman–Crippen LogP) is 5.85. The first-order valence-electron chi connectivity index (χ1n) is 11.0. The summed E-state index contributed by atoms with van der Waals surface area (Å²) in [5.74, 6) is 0.109. The minimum absolute atomic E-state index is 0.347. The molecule has 0 aliphatic carbocycles. The van der Waals surface area contributed by atoms with E-state index < -0.39 is 0 Å². The zero-order valence-corrected chi connectivity index (χ0v) is 19.2. The second kappa shape index (κ2) is 8.74. The Morgan fingerprint density at radius 3 is 2.66 bits per heavy atom. The highest BCUT2D eigenvalue weighted by molar-refractivity contribution is 7.98. The normalized spacial score (nSPS) is 11.3. The molecule has 2 aromatic carbocycles. The van der Waals surface area contributed by atoms with E-state index >= 15 is 0 Å². The number of fused-ring (bicyclic) bond motifs is 3. The van der Waals surface area contributed by atoms with Crippen molar-refractivity contribution in [2.75, 3.05) is 0 Å². The number of rotatable bonds is 6. The fourth-order valence-corrected chi connectivity index (χ4v) is 4.98. The summed E-state index contributed by atoms with van der Waals surface area (Å²) in [4.78, 5) is 10.6. The molecule has 0 unspecified atom stereocenters. The van der Waals surface area contributed by atoms with Gasteiger partial charge in [0.2, 0.25) is 0 Å². The highest BCUT2D eigenvalue weighted by Gasteiger charge is 2.21. The van der Waals surface area contributed by atoms with E-state index in [9.17, 15) is 4.39 Å². The maximum absolute atomic E-state index is 14.9. The number of aryl methyl sites for hydroxylation is 1. The molecule has 170 valence electrons. The Balaban J connectivity index is 1.58. The minimum Gasteiger partial charge on any atom is -0.288 e. The molecule has 0 aliphatic heterocycles. The lowest BCUT2D eigenvalue weighted by Crippen LogP contribution is -2.00. The van der Waals surface area contributed by atoms with E-state index in [0.29, 0.717) is 29.9 Å². The van der Waals surface area contributed by atoms with E-state index in [2.05, 4.69) is 11.2 Å². The van der Waals surface area contributed by atoms with Crippen LogP contribution >= 0.6 is 11.9 Å². The summed E-state index contributed by atoms with van der Waals surface area (Å²) in [5, 5.41) is 14.3. The quantitative estimate of drug-likeness (QED) is 0.300. The third kappa shape index (κ3) is 3.74. The maximum Gasteiger partial charge on any atom is 0.152 e. The summed E-state index contributed by atoms with van der Waals surface area (Å²) in [5.41, 5.74) is 3.38. The second-order valence-electron chi connectivity index (χ2n) is 7.90. The van der Waals surface area contributed by atoms with Gasteiger partial charge < -0.3 is 0 Å². The summed E-state index contributed by atoms with van der Waals surface area (Å²) in [6.07, 6.45) is 7.61. The van der Waals surface area contributed by atoms with Gasteiger partial charge in [-0.2, -0.15) is 10.4 Å². The van der Waals surface area contributed by atoms with E-state index in [1.807, 2.05) is 57.3 Å². The Kier molecular flexibility index (Phi) is 5.28. The number of benzene rings is 2. The largest absolute Gasteiger partial charge is 0.288 e. The molecule has 0 fully saturated rings. The van der Waals surface area contributed by atoms with Gasteiger partial charge in [-0.15, -0.1) is 0 Å². The molecule has 0 amide bonds. The SMILES string of the molecule is N#CCCn1cc(-n2c(-c3ccccc3F)nc3cnc4c(ccn4Sc4ccccc4)c32)cn1. The number of aromatic nitrogens is 6. The van der Waals surface area contributed by atoms with Gasteiger partial charge in [0.1, 0.15) is 17.2 Å².